The summed E-state index contributed by atoms with van der Waals surface area (Å²) < 4.78 is 3.24. The van der Waals surface area contributed by atoms with Crippen molar-refractivity contribution in [1.29, 1.82) is 0 Å². The first kappa shape index (κ1) is 15.1. The maximum absolute atomic E-state index is 4.30. The van der Waals surface area contributed by atoms with Gasteiger partial charge in [0, 0.05) is 29.7 Å². The van der Waals surface area contributed by atoms with Crippen LogP contribution in [0.5, 0.6) is 0 Å². The summed E-state index contributed by atoms with van der Waals surface area (Å²) >= 11 is 1.81. The Balaban J connectivity index is 1.49. The van der Waals surface area contributed by atoms with Gasteiger partial charge >= 0.3 is 0 Å². The van der Waals surface area contributed by atoms with Crippen molar-refractivity contribution in [3.63, 3.8) is 0 Å². The minimum atomic E-state index is 0.314. The molecule has 0 fully saturated rings. The standard InChI is InChI=1S/C20H19N3S/c1-15(19-14-24-20-9-3-2-8-18(19)20)21-13-16-6-4-7-17(12-16)23-11-5-10-22-23/h2-12,14-15,21H,13H2,1H3. The van der Waals surface area contributed by atoms with Gasteiger partial charge in [-0.2, -0.15) is 5.10 Å². The van der Waals surface area contributed by atoms with Crippen LogP contribution in [-0.4, -0.2) is 9.78 Å². The highest BCUT2D eigenvalue weighted by Gasteiger charge is 2.10. The summed E-state index contributed by atoms with van der Waals surface area (Å²) in [7, 11) is 0. The molecule has 0 aliphatic heterocycles. The number of nitrogens with zero attached hydrogens (tertiary/aromatic N) is 2. The SMILES string of the molecule is CC(NCc1cccc(-n2cccn2)c1)c1csc2ccccc12. The largest absolute Gasteiger partial charge is 0.306 e. The van der Waals surface area contributed by atoms with E-state index in [-0.39, 0.29) is 0 Å². The molecule has 4 rings (SSSR count). The number of thiophene rings is 1. The Morgan fingerprint density at radius 1 is 1.12 bits per heavy atom. The first-order chi connectivity index (χ1) is 11.8. The maximum atomic E-state index is 4.30. The molecule has 0 saturated heterocycles. The normalized spacial score (nSPS) is 12.5. The maximum Gasteiger partial charge on any atom is 0.0648 e. The quantitative estimate of drug-likeness (QED) is 0.561. The smallest absolute Gasteiger partial charge is 0.0648 e. The number of rotatable bonds is 5. The van der Waals surface area contributed by atoms with Gasteiger partial charge in [0.05, 0.1) is 5.69 Å². The molecular formula is C20H19N3S. The Bertz CT molecular complexity index is 940. The van der Waals surface area contributed by atoms with Gasteiger partial charge in [-0.05, 0) is 53.1 Å². The van der Waals surface area contributed by atoms with E-state index in [0.29, 0.717) is 6.04 Å². The molecule has 4 aromatic rings. The molecule has 0 bridgehead atoms. The fourth-order valence-corrected chi connectivity index (χ4v) is 4.00. The second kappa shape index (κ2) is 6.59. The summed E-state index contributed by atoms with van der Waals surface area (Å²) in [6, 6.07) is 19.3. The van der Waals surface area contributed by atoms with Crippen LogP contribution in [0.3, 0.4) is 0 Å². The number of hydrogen-bond donors (Lipinski definition) is 1. The fourth-order valence-electron chi connectivity index (χ4n) is 2.95. The summed E-state index contributed by atoms with van der Waals surface area (Å²) in [5.41, 5.74) is 3.72. The van der Waals surface area contributed by atoms with E-state index in [9.17, 15) is 0 Å². The van der Waals surface area contributed by atoms with Gasteiger partial charge in [-0.1, -0.05) is 30.3 Å². The minimum absolute atomic E-state index is 0.314. The Labute approximate surface area is 145 Å². The number of aromatic nitrogens is 2. The van der Waals surface area contributed by atoms with Crippen molar-refractivity contribution in [3.8, 4) is 5.69 Å². The van der Waals surface area contributed by atoms with E-state index in [1.165, 1.54) is 21.2 Å². The van der Waals surface area contributed by atoms with Crippen molar-refractivity contribution < 1.29 is 0 Å². The predicted molar refractivity (Wildman–Crippen MR) is 101 cm³/mol. The predicted octanol–water partition coefficient (Wildman–Crippen LogP) is 4.94. The van der Waals surface area contributed by atoms with Crippen molar-refractivity contribution in [3.05, 3.63) is 83.5 Å². The van der Waals surface area contributed by atoms with E-state index < -0.39 is 0 Å². The highest BCUT2D eigenvalue weighted by Crippen LogP contribution is 2.30. The molecule has 1 atom stereocenters. The summed E-state index contributed by atoms with van der Waals surface area (Å²) in [6.45, 7) is 3.06. The average Bonchev–Trinajstić information content (AvgIpc) is 3.29. The number of fused-ring (bicyclic) bond motifs is 1. The van der Waals surface area contributed by atoms with E-state index in [1.54, 1.807) is 6.20 Å². The molecular weight excluding hydrogens is 314 g/mol. The van der Waals surface area contributed by atoms with Crippen LogP contribution >= 0.6 is 11.3 Å². The molecule has 3 nitrogen and oxygen atoms in total. The van der Waals surface area contributed by atoms with E-state index in [0.717, 1.165) is 12.2 Å². The molecule has 4 heteroatoms. The summed E-state index contributed by atoms with van der Waals surface area (Å²) in [5, 5.41) is 11.6. The molecule has 2 heterocycles. The van der Waals surface area contributed by atoms with Gasteiger partial charge < -0.3 is 5.32 Å². The molecule has 1 N–H and O–H groups in total. The minimum Gasteiger partial charge on any atom is -0.306 e. The number of benzene rings is 2. The molecule has 0 radical (unpaired) electrons. The zero-order valence-corrected chi connectivity index (χ0v) is 14.3. The third kappa shape index (κ3) is 2.98. The van der Waals surface area contributed by atoms with Gasteiger partial charge in [-0.15, -0.1) is 11.3 Å². The second-order valence-corrected chi connectivity index (χ2v) is 6.82. The molecule has 2 aromatic carbocycles. The third-order valence-electron chi connectivity index (χ3n) is 4.27. The van der Waals surface area contributed by atoms with Gasteiger partial charge in [0.1, 0.15) is 0 Å². The molecule has 0 saturated carbocycles. The third-order valence-corrected chi connectivity index (χ3v) is 5.25. The van der Waals surface area contributed by atoms with Crippen molar-refractivity contribution in [2.45, 2.75) is 19.5 Å². The van der Waals surface area contributed by atoms with Gasteiger partial charge in [0.25, 0.3) is 0 Å². The van der Waals surface area contributed by atoms with E-state index in [4.69, 9.17) is 0 Å². The zero-order chi connectivity index (χ0) is 16.4. The topological polar surface area (TPSA) is 29.9 Å². The monoisotopic (exact) mass is 333 g/mol. The summed E-state index contributed by atoms with van der Waals surface area (Å²) in [5.74, 6) is 0. The number of nitrogens with one attached hydrogen (secondary N) is 1. The Hall–Kier alpha value is -2.43. The van der Waals surface area contributed by atoms with Gasteiger partial charge in [0.15, 0.2) is 0 Å². The Morgan fingerprint density at radius 2 is 2.04 bits per heavy atom. The van der Waals surface area contributed by atoms with E-state index in [2.05, 4.69) is 71.3 Å². The molecule has 120 valence electrons. The lowest BCUT2D eigenvalue weighted by Crippen LogP contribution is -2.17. The zero-order valence-electron chi connectivity index (χ0n) is 13.5. The molecule has 1 unspecified atom stereocenters. The fraction of sp³-hybridized carbons (Fsp3) is 0.150. The highest BCUT2D eigenvalue weighted by molar-refractivity contribution is 7.17. The first-order valence-corrected chi connectivity index (χ1v) is 8.98. The van der Waals surface area contributed by atoms with Crippen LogP contribution in [-0.2, 0) is 6.54 Å². The molecule has 0 aliphatic carbocycles. The van der Waals surface area contributed by atoms with E-state index in [1.807, 2.05) is 28.3 Å². The Morgan fingerprint density at radius 3 is 2.92 bits per heavy atom. The van der Waals surface area contributed by atoms with Crippen molar-refractivity contribution in [1.82, 2.24) is 15.1 Å². The summed E-state index contributed by atoms with van der Waals surface area (Å²) in [4.78, 5) is 0. The molecule has 0 amide bonds. The van der Waals surface area contributed by atoms with Crippen molar-refractivity contribution >= 4 is 21.4 Å². The van der Waals surface area contributed by atoms with Crippen LogP contribution in [0, 0.1) is 0 Å². The van der Waals surface area contributed by atoms with Crippen LogP contribution < -0.4 is 5.32 Å². The van der Waals surface area contributed by atoms with E-state index >= 15 is 0 Å². The molecule has 24 heavy (non-hydrogen) atoms. The molecule has 0 spiro atoms. The van der Waals surface area contributed by atoms with Gasteiger partial charge in [0.2, 0.25) is 0 Å². The summed E-state index contributed by atoms with van der Waals surface area (Å²) in [6.07, 6.45) is 3.77. The van der Waals surface area contributed by atoms with Crippen molar-refractivity contribution in [2.24, 2.45) is 0 Å². The van der Waals surface area contributed by atoms with Crippen molar-refractivity contribution in [2.75, 3.05) is 0 Å². The molecule has 0 aliphatic rings. The Kier molecular flexibility index (Phi) is 4.15. The lowest BCUT2D eigenvalue weighted by Gasteiger charge is -2.14. The highest BCUT2D eigenvalue weighted by atomic mass is 32.1. The van der Waals surface area contributed by atoms with Crippen LogP contribution in [0.15, 0.2) is 72.4 Å². The van der Waals surface area contributed by atoms with Gasteiger partial charge in [-0.3, -0.25) is 0 Å². The first-order valence-electron chi connectivity index (χ1n) is 8.10. The van der Waals surface area contributed by atoms with Crippen LogP contribution in [0.4, 0.5) is 0 Å². The molecule has 2 aromatic heterocycles. The lowest BCUT2D eigenvalue weighted by molar-refractivity contribution is 0.579. The average molecular weight is 333 g/mol. The number of hydrogen-bond acceptors (Lipinski definition) is 3. The van der Waals surface area contributed by atoms with Gasteiger partial charge in [-0.25, -0.2) is 4.68 Å². The van der Waals surface area contributed by atoms with Crippen LogP contribution in [0.25, 0.3) is 15.8 Å². The lowest BCUT2D eigenvalue weighted by atomic mass is 10.1. The second-order valence-electron chi connectivity index (χ2n) is 5.91. The van der Waals surface area contributed by atoms with Crippen LogP contribution in [0.2, 0.25) is 0 Å². The van der Waals surface area contributed by atoms with Crippen LogP contribution in [0.1, 0.15) is 24.1 Å².